The number of rotatable bonds is 25. The van der Waals surface area contributed by atoms with Crippen LogP contribution in [0.4, 0.5) is 17.1 Å². The van der Waals surface area contributed by atoms with Crippen LogP contribution in [-0.4, -0.2) is 81.6 Å². The van der Waals surface area contributed by atoms with Crippen LogP contribution < -0.4 is 30.8 Å². The number of hydrogen-bond acceptors (Lipinski definition) is 9. The molecule has 5 N–H and O–H groups in total. The van der Waals surface area contributed by atoms with Gasteiger partial charge in [-0.05, 0) is 145 Å². The van der Waals surface area contributed by atoms with Gasteiger partial charge in [-0.1, -0.05) is 150 Å². The summed E-state index contributed by atoms with van der Waals surface area (Å²) >= 11 is 0. The Kier molecular flexibility index (Phi) is 20.0. The minimum atomic E-state index is -1.63. The lowest BCUT2D eigenvalue weighted by Crippen LogP contribution is -2.36. The molecule has 1 aliphatic carbocycles. The Labute approximate surface area is 499 Å². The number of anilines is 2. The van der Waals surface area contributed by atoms with Crippen molar-refractivity contribution in [2.45, 2.75) is 124 Å². The minimum Gasteiger partial charge on any atom is -0.457 e. The van der Waals surface area contributed by atoms with Gasteiger partial charge in [0.2, 0.25) is 11.6 Å². The van der Waals surface area contributed by atoms with E-state index in [-0.39, 0.29) is 16.7 Å². The van der Waals surface area contributed by atoms with E-state index >= 15 is 0 Å². The average Bonchev–Trinajstić information content (AvgIpc) is 2.52. The number of fused-ring (bicyclic) bond motifs is 2. The summed E-state index contributed by atoms with van der Waals surface area (Å²) in [5, 5.41) is 44.4. The van der Waals surface area contributed by atoms with Crippen LogP contribution in [0.25, 0.3) is 0 Å². The summed E-state index contributed by atoms with van der Waals surface area (Å²) in [5.74, 6) is 1.44. The molecule has 3 aliphatic rings. The lowest BCUT2D eigenvalue weighted by atomic mass is 9.77. The van der Waals surface area contributed by atoms with E-state index < -0.39 is 14.2 Å². The number of carbonyl (C=O) groups excluding carboxylic acids is 1. The Hall–Kier alpha value is -7.51. The van der Waals surface area contributed by atoms with Crippen LogP contribution in [0.1, 0.15) is 120 Å². The van der Waals surface area contributed by atoms with Crippen LogP contribution in [0, 0.1) is 0 Å². The summed E-state index contributed by atoms with van der Waals surface area (Å²) in [6.07, 6.45) is 14.8. The normalized spacial score (nSPS) is 16.2. The number of para-hydroxylation sites is 2. The van der Waals surface area contributed by atoms with Crippen LogP contribution in [0.3, 0.4) is 0 Å². The molecule has 1 amide bonds. The predicted octanol–water partition coefficient (Wildman–Crippen LogP) is 11.2. The lowest BCUT2D eigenvalue weighted by molar-refractivity contribution is -0.437. The molecule has 0 spiro atoms. The number of benzene rings is 6. The summed E-state index contributed by atoms with van der Waals surface area (Å²) in [7, 11) is -3.23. The summed E-state index contributed by atoms with van der Waals surface area (Å²) in [4.78, 5) is 19.3. The third-order valence-electron chi connectivity index (χ3n) is 16.8. The molecule has 0 fully saturated rings. The van der Waals surface area contributed by atoms with E-state index in [0.717, 1.165) is 84.6 Å². The quantitative estimate of drug-likeness (QED) is 0.0165. The number of ether oxygens (including phenoxy) is 1. The van der Waals surface area contributed by atoms with Crippen molar-refractivity contribution in [1.29, 1.82) is 0 Å². The number of nitrogens with one attached hydrogen (secondary N) is 1. The SMILES string of the molecule is C=C(C)C(=O)NCCCN(Cc1ccc(CN(Cc2ccccc2B(O)O)c2ccc(OC3=C(/C=C/C4=[N+](CCC)c5ccccc5C4(C)C)CCC/C3=C\C=C3\N(CCC)c4ccccc4C3(C)C)cc2)cc1)Cc1ccccc1B(O)O. The maximum Gasteiger partial charge on any atom is 0.488 e. The van der Waals surface area contributed by atoms with Crippen LogP contribution in [0.5, 0.6) is 5.75 Å². The number of nitrogens with zero attached hydrogens (tertiary/aromatic N) is 4. The molecule has 0 aromatic heterocycles. The van der Waals surface area contributed by atoms with Crippen molar-refractivity contribution in [3.05, 3.63) is 238 Å². The van der Waals surface area contributed by atoms with Gasteiger partial charge in [-0.2, -0.15) is 4.58 Å². The van der Waals surface area contributed by atoms with Crippen molar-refractivity contribution in [3.8, 4) is 5.75 Å². The van der Waals surface area contributed by atoms with Gasteiger partial charge >= 0.3 is 14.2 Å². The fourth-order valence-electron chi connectivity index (χ4n) is 12.4. The lowest BCUT2D eigenvalue weighted by Gasteiger charge is -2.28. The fraction of sp³-hybridized carbons (Fsp3) is 0.324. The predicted molar refractivity (Wildman–Crippen MR) is 345 cm³/mol. The molecule has 6 aromatic carbocycles. The Balaban J connectivity index is 1.03. The molecule has 434 valence electrons. The van der Waals surface area contributed by atoms with E-state index in [1.54, 1.807) is 25.1 Å². The fourth-order valence-corrected chi connectivity index (χ4v) is 12.4. The summed E-state index contributed by atoms with van der Waals surface area (Å²) in [5.41, 5.74) is 15.9. The van der Waals surface area contributed by atoms with Gasteiger partial charge < -0.3 is 39.9 Å². The highest BCUT2D eigenvalue weighted by atomic mass is 16.5. The van der Waals surface area contributed by atoms with E-state index in [2.05, 4.69) is 194 Å². The van der Waals surface area contributed by atoms with Crippen molar-refractivity contribution in [3.63, 3.8) is 0 Å². The minimum absolute atomic E-state index is 0.173. The van der Waals surface area contributed by atoms with Gasteiger partial charge in [-0.3, -0.25) is 9.69 Å². The van der Waals surface area contributed by atoms with Gasteiger partial charge in [0.05, 0.1) is 5.41 Å². The Morgan fingerprint density at radius 1 is 0.702 bits per heavy atom. The van der Waals surface area contributed by atoms with Crippen molar-refractivity contribution >= 4 is 53.8 Å². The molecule has 13 heteroatoms. The van der Waals surface area contributed by atoms with E-state index in [4.69, 9.17) is 4.74 Å². The van der Waals surface area contributed by atoms with Gasteiger partial charge in [0.25, 0.3) is 0 Å². The first-order chi connectivity index (χ1) is 40.5. The number of hydrogen-bond donors (Lipinski definition) is 5. The molecule has 2 aliphatic heterocycles. The Morgan fingerprint density at radius 3 is 1.98 bits per heavy atom. The Morgan fingerprint density at radius 2 is 1.32 bits per heavy atom. The molecule has 9 rings (SSSR count). The van der Waals surface area contributed by atoms with Gasteiger partial charge in [-0.25, -0.2) is 0 Å². The number of carbonyl (C=O) groups is 1. The Bertz CT molecular complexity index is 3470. The first kappa shape index (κ1) is 61.1. The zero-order chi connectivity index (χ0) is 59.5. The second-order valence-electron chi connectivity index (χ2n) is 23.8. The third kappa shape index (κ3) is 14.0. The monoisotopic (exact) mass is 1120 g/mol. The maximum atomic E-state index is 12.3. The highest BCUT2D eigenvalue weighted by Crippen LogP contribution is 2.48. The summed E-state index contributed by atoms with van der Waals surface area (Å²) < 4.78 is 9.72. The third-order valence-corrected chi connectivity index (χ3v) is 16.8. The average molecular weight is 1130 g/mol. The molecule has 0 saturated heterocycles. The first-order valence-corrected chi connectivity index (χ1v) is 30.1. The number of amides is 1. The maximum absolute atomic E-state index is 12.3. The molecule has 0 saturated carbocycles. The standard InChI is InChI=1S/C71H83B2N5O6/c1-9-44-77-64-29-17-13-25-60(64)70(5,6)66(77)41-35-54-23-19-24-55(36-42-67-71(7,8)61-26-14-18-30-65(61)78(67)45-10-2)68(54)84-59-39-37-58(38-40-59)76(50-57-22-12-16-28-63(57)73(82)83)48-53-33-31-52(32-34-53)47-75(46-20-43-74-69(79)51(3)4)49-56-21-11-15-27-62(56)72(80)81/h11-18,21-22,25-42,80-83H,3,9-10,19-20,23-24,43-50H2,1-2,4-8H3/p+1. The topological polar surface area (TPSA) is 132 Å². The smallest absolute Gasteiger partial charge is 0.457 e. The molecule has 0 radical (unpaired) electrons. The van der Waals surface area contributed by atoms with E-state index in [9.17, 15) is 24.9 Å². The summed E-state index contributed by atoms with van der Waals surface area (Å²) in [6.45, 7) is 24.3. The van der Waals surface area contributed by atoms with Crippen LogP contribution in [0.2, 0.25) is 0 Å². The number of allylic oxidation sites excluding steroid dienone is 7. The van der Waals surface area contributed by atoms with Crippen molar-refractivity contribution < 1.29 is 34.2 Å². The van der Waals surface area contributed by atoms with Crippen molar-refractivity contribution in [2.75, 3.05) is 36.0 Å². The van der Waals surface area contributed by atoms with Gasteiger partial charge in [0.15, 0.2) is 5.71 Å². The molecule has 0 unspecified atom stereocenters. The zero-order valence-corrected chi connectivity index (χ0v) is 50.3. The van der Waals surface area contributed by atoms with E-state index in [1.807, 2.05) is 30.3 Å². The highest BCUT2D eigenvalue weighted by Gasteiger charge is 2.44. The van der Waals surface area contributed by atoms with Crippen LogP contribution in [0.15, 0.2) is 205 Å². The van der Waals surface area contributed by atoms with Gasteiger partial charge in [0.1, 0.15) is 18.1 Å². The van der Waals surface area contributed by atoms with Crippen molar-refractivity contribution in [1.82, 2.24) is 10.2 Å². The largest absolute Gasteiger partial charge is 0.488 e. The molecule has 2 heterocycles. The van der Waals surface area contributed by atoms with E-state index in [1.165, 1.54) is 45.1 Å². The second-order valence-corrected chi connectivity index (χ2v) is 23.8. The summed E-state index contributed by atoms with van der Waals surface area (Å²) in [6, 6.07) is 49.3. The molecular weight excluding hydrogens is 1040 g/mol. The van der Waals surface area contributed by atoms with Crippen LogP contribution >= 0.6 is 0 Å². The van der Waals surface area contributed by atoms with Gasteiger partial charge in [0, 0.05) is 98.0 Å². The zero-order valence-electron chi connectivity index (χ0n) is 50.3. The van der Waals surface area contributed by atoms with Crippen molar-refractivity contribution in [2.24, 2.45) is 0 Å². The molecule has 11 nitrogen and oxygen atoms in total. The van der Waals surface area contributed by atoms with Crippen LogP contribution in [-0.2, 0) is 41.8 Å². The first-order valence-electron chi connectivity index (χ1n) is 30.1. The highest BCUT2D eigenvalue weighted by molar-refractivity contribution is 6.59. The molecular formula is C71H84B2N5O6+. The molecule has 84 heavy (non-hydrogen) atoms. The molecule has 0 bridgehead atoms. The molecule has 6 aromatic rings. The van der Waals surface area contributed by atoms with E-state index in [0.29, 0.717) is 62.2 Å². The van der Waals surface area contributed by atoms with Gasteiger partial charge in [-0.15, -0.1) is 0 Å². The molecule has 0 atom stereocenters. The second kappa shape index (κ2) is 27.5.